The van der Waals surface area contributed by atoms with Crippen molar-refractivity contribution in [2.75, 3.05) is 17.9 Å². The largest absolute Gasteiger partial charge is 0.340 e. The van der Waals surface area contributed by atoms with E-state index in [0.717, 1.165) is 10.9 Å². The summed E-state index contributed by atoms with van der Waals surface area (Å²) in [6.07, 6.45) is 0. The Balaban J connectivity index is 1.58. The van der Waals surface area contributed by atoms with Gasteiger partial charge in [0, 0.05) is 19.0 Å². The molecule has 0 unspecified atom stereocenters. The zero-order valence-corrected chi connectivity index (χ0v) is 16.0. The highest BCUT2D eigenvalue weighted by Crippen LogP contribution is 2.41. The molecule has 0 N–H and O–H groups in total. The van der Waals surface area contributed by atoms with Gasteiger partial charge in [-0.3, -0.25) is 9.10 Å². The van der Waals surface area contributed by atoms with Crippen molar-refractivity contribution in [2.45, 2.75) is 11.4 Å². The van der Waals surface area contributed by atoms with Gasteiger partial charge in [0.1, 0.15) is 6.54 Å². The van der Waals surface area contributed by atoms with Crippen LogP contribution in [-0.2, 0) is 21.4 Å². The number of rotatable bonds is 4. The molecule has 0 aliphatic carbocycles. The van der Waals surface area contributed by atoms with Crippen LogP contribution in [0.2, 0.25) is 0 Å². The molecule has 0 radical (unpaired) electrons. The summed E-state index contributed by atoms with van der Waals surface area (Å²) in [5.74, 6) is -0.308. The number of hydrogen-bond donors (Lipinski definition) is 0. The number of hydrogen-bond acceptors (Lipinski definition) is 4. The van der Waals surface area contributed by atoms with E-state index in [0.29, 0.717) is 23.2 Å². The molecule has 7 heteroatoms. The third kappa shape index (κ3) is 2.88. The van der Waals surface area contributed by atoms with Crippen LogP contribution in [0, 0.1) is 11.3 Å². The van der Waals surface area contributed by atoms with Gasteiger partial charge in [-0.05, 0) is 35.2 Å². The lowest BCUT2D eigenvalue weighted by molar-refractivity contribution is -0.128. The van der Waals surface area contributed by atoms with Gasteiger partial charge in [0.05, 0.1) is 22.2 Å². The fourth-order valence-electron chi connectivity index (χ4n) is 3.42. The van der Waals surface area contributed by atoms with Crippen molar-refractivity contribution >= 4 is 32.4 Å². The van der Waals surface area contributed by atoms with E-state index >= 15 is 0 Å². The van der Waals surface area contributed by atoms with Gasteiger partial charge in [-0.2, -0.15) is 5.26 Å². The Kier molecular flexibility index (Phi) is 4.28. The zero-order chi connectivity index (χ0) is 19.9. The predicted molar refractivity (Wildman–Crippen MR) is 106 cm³/mol. The molecule has 0 fully saturated rings. The molecule has 0 saturated carbocycles. The normalized spacial score (nSPS) is 14.1. The first kappa shape index (κ1) is 18.0. The Hall–Kier alpha value is -3.37. The van der Waals surface area contributed by atoms with Crippen molar-refractivity contribution < 1.29 is 13.2 Å². The third-order valence-electron chi connectivity index (χ3n) is 4.89. The predicted octanol–water partition coefficient (Wildman–Crippen LogP) is 2.88. The van der Waals surface area contributed by atoms with Crippen molar-refractivity contribution in [2.24, 2.45) is 0 Å². The monoisotopic (exact) mass is 391 g/mol. The maximum Gasteiger partial charge on any atom is 0.265 e. The van der Waals surface area contributed by atoms with Crippen LogP contribution >= 0.6 is 0 Å². The Labute approximate surface area is 163 Å². The SMILES string of the molecule is CN(Cc1ccc(C#N)cc1)C(=O)CN1c2cccc3cccc(c23)S1(=O)=O. The topological polar surface area (TPSA) is 81.5 Å². The van der Waals surface area contributed by atoms with Crippen LogP contribution in [0.15, 0.2) is 65.6 Å². The summed E-state index contributed by atoms with van der Waals surface area (Å²) in [4.78, 5) is 14.5. The Bertz CT molecular complexity index is 1220. The van der Waals surface area contributed by atoms with Crippen LogP contribution in [0.1, 0.15) is 11.1 Å². The van der Waals surface area contributed by atoms with E-state index in [9.17, 15) is 13.2 Å². The summed E-state index contributed by atoms with van der Waals surface area (Å²) in [5, 5.41) is 10.4. The standard InChI is InChI=1S/C21H17N3O3S/c1-23(13-16-10-8-15(12-22)9-11-16)20(25)14-24-18-6-2-4-17-5-3-7-19(21(17)18)28(24,26)27/h2-11H,13-14H2,1H3. The van der Waals surface area contributed by atoms with Crippen LogP contribution in [0.4, 0.5) is 5.69 Å². The van der Waals surface area contributed by atoms with Gasteiger partial charge in [0.2, 0.25) is 5.91 Å². The number of nitrogens with zero attached hydrogens (tertiary/aromatic N) is 3. The molecule has 0 atom stereocenters. The van der Waals surface area contributed by atoms with Crippen LogP contribution in [0.3, 0.4) is 0 Å². The van der Waals surface area contributed by atoms with Crippen molar-refractivity contribution in [3.63, 3.8) is 0 Å². The molecule has 1 aliphatic heterocycles. The molecule has 0 saturated heterocycles. The maximum absolute atomic E-state index is 13.0. The molecule has 1 aliphatic rings. The number of carbonyl (C=O) groups is 1. The molecule has 4 rings (SSSR count). The van der Waals surface area contributed by atoms with Crippen LogP contribution < -0.4 is 4.31 Å². The van der Waals surface area contributed by atoms with E-state index in [1.54, 1.807) is 55.6 Å². The lowest BCUT2D eigenvalue weighted by Gasteiger charge is -2.23. The minimum atomic E-state index is -3.76. The average molecular weight is 391 g/mol. The van der Waals surface area contributed by atoms with E-state index in [2.05, 4.69) is 6.07 Å². The molecule has 6 nitrogen and oxygen atoms in total. The summed E-state index contributed by atoms with van der Waals surface area (Å²) in [7, 11) is -2.12. The van der Waals surface area contributed by atoms with Gasteiger partial charge < -0.3 is 4.90 Å². The minimum Gasteiger partial charge on any atom is -0.340 e. The van der Waals surface area contributed by atoms with Crippen LogP contribution in [0.25, 0.3) is 10.8 Å². The first-order valence-electron chi connectivity index (χ1n) is 8.69. The van der Waals surface area contributed by atoms with Crippen LogP contribution in [-0.4, -0.2) is 32.8 Å². The van der Waals surface area contributed by atoms with E-state index < -0.39 is 10.0 Å². The first-order chi connectivity index (χ1) is 13.4. The lowest BCUT2D eigenvalue weighted by atomic mass is 10.1. The Morgan fingerprint density at radius 2 is 1.75 bits per heavy atom. The molecule has 1 heterocycles. The summed E-state index contributed by atoms with van der Waals surface area (Å²) >= 11 is 0. The van der Waals surface area contributed by atoms with Crippen molar-refractivity contribution in [1.82, 2.24) is 4.90 Å². The quantitative estimate of drug-likeness (QED) is 0.685. The average Bonchev–Trinajstić information content (AvgIpc) is 2.92. The molecule has 0 aromatic heterocycles. The van der Waals surface area contributed by atoms with E-state index in [4.69, 9.17) is 5.26 Å². The van der Waals surface area contributed by atoms with Gasteiger partial charge in [0.25, 0.3) is 10.0 Å². The molecule has 140 valence electrons. The number of sulfonamides is 1. The maximum atomic E-state index is 13.0. The summed E-state index contributed by atoms with van der Waals surface area (Å²) < 4.78 is 27.1. The number of amides is 1. The molecular weight excluding hydrogens is 374 g/mol. The number of nitriles is 1. The smallest absolute Gasteiger partial charge is 0.265 e. The van der Waals surface area contributed by atoms with Gasteiger partial charge in [-0.1, -0.05) is 36.4 Å². The van der Waals surface area contributed by atoms with E-state index in [1.807, 2.05) is 12.1 Å². The number of likely N-dealkylation sites (N-methyl/N-ethyl adjacent to an activating group) is 1. The van der Waals surface area contributed by atoms with Crippen LogP contribution in [0.5, 0.6) is 0 Å². The molecule has 3 aromatic rings. The van der Waals surface area contributed by atoms with Crippen molar-refractivity contribution in [3.05, 3.63) is 71.8 Å². The fraction of sp³-hybridized carbons (Fsp3) is 0.143. The van der Waals surface area contributed by atoms with Gasteiger partial charge in [-0.15, -0.1) is 0 Å². The molecular formula is C21H17N3O3S. The molecule has 28 heavy (non-hydrogen) atoms. The second-order valence-electron chi connectivity index (χ2n) is 6.70. The van der Waals surface area contributed by atoms with Gasteiger partial charge in [0.15, 0.2) is 0 Å². The molecule has 1 amide bonds. The summed E-state index contributed by atoms with van der Waals surface area (Å²) in [6, 6.07) is 19.5. The summed E-state index contributed by atoms with van der Waals surface area (Å²) in [5.41, 5.74) is 1.95. The van der Waals surface area contributed by atoms with Gasteiger partial charge in [-0.25, -0.2) is 8.42 Å². The fourth-order valence-corrected chi connectivity index (χ4v) is 5.08. The first-order valence-corrected chi connectivity index (χ1v) is 10.1. The lowest BCUT2D eigenvalue weighted by Crippen LogP contribution is -2.39. The number of carbonyl (C=O) groups excluding carboxylic acids is 1. The highest BCUT2D eigenvalue weighted by atomic mass is 32.2. The number of benzene rings is 3. The van der Waals surface area contributed by atoms with E-state index in [-0.39, 0.29) is 17.3 Å². The van der Waals surface area contributed by atoms with E-state index in [1.165, 1.54) is 9.21 Å². The van der Waals surface area contributed by atoms with Crippen molar-refractivity contribution in [3.8, 4) is 6.07 Å². The Morgan fingerprint density at radius 3 is 2.43 bits per heavy atom. The third-order valence-corrected chi connectivity index (χ3v) is 6.69. The summed E-state index contributed by atoms with van der Waals surface area (Å²) in [6.45, 7) is 0.0679. The molecule has 0 spiro atoms. The minimum absolute atomic E-state index is 0.239. The van der Waals surface area contributed by atoms with Crippen molar-refractivity contribution in [1.29, 1.82) is 5.26 Å². The molecule has 3 aromatic carbocycles. The highest BCUT2D eigenvalue weighted by Gasteiger charge is 2.37. The molecule has 0 bridgehead atoms. The Morgan fingerprint density at radius 1 is 1.07 bits per heavy atom. The zero-order valence-electron chi connectivity index (χ0n) is 15.2. The highest BCUT2D eigenvalue weighted by molar-refractivity contribution is 7.93. The second-order valence-corrected chi connectivity index (χ2v) is 8.53. The van der Waals surface area contributed by atoms with Gasteiger partial charge >= 0.3 is 0 Å². The number of anilines is 1. The second kappa shape index (κ2) is 6.66.